The van der Waals surface area contributed by atoms with Crippen molar-refractivity contribution in [3.8, 4) is 0 Å². The molecule has 1 unspecified atom stereocenters. The molecule has 2 rings (SSSR count). The Hall–Kier alpha value is -2.55. The molecule has 9 heteroatoms. The maximum Gasteiger partial charge on any atom is 0.317 e. The highest BCUT2D eigenvalue weighted by Crippen LogP contribution is 2.29. The largest absolute Gasteiger partial charge is 0.481 e. The van der Waals surface area contributed by atoms with E-state index >= 15 is 0 Å². The molecule has 0 saturated carbocycles. The molecule has 1 amide bonds. The number of carboxylic acids is 2. The normalized spacial score (nSPS) is 12.1. The number of rotatable bonds is 8. The van der Waals surface area contributed by atoms with E-state index in [0.29, 0.717) is 29.8 Å². The van der Waals surface area contributed by atoms with E-state index in [0.717, 1.165) is 11.8 Å². The molecule has 0 saturated heterocycles. The van der Waals surface area contributed by atoms with E-state index < -0.39 is 23.6 Å². The quantitative estimate of drug-likeness (QED) is 0.683. The second kappa shape index (κ2) is 8.02. The van der Waals surface area contributed by atoms with Crippen LogP contribution in [0.15, 0.2) is 27.8 Å². The first-order valence-corrected chi connectivity index (χ1v) is 8.54. The summed E-state index contributed by atoms with van der Waals surface area (Å²) >= 11 is 0.727. The first kappa shape index (κ1) is 18.8. The summed E-state index contributed by atoms with van der Waals surface area (Å²) in [5, 5.41) is 16.7. The summed E-state index contributed by atoms with van der Waals surface area (Å²) in [6.45, 7) is 4.95. The lowest BCUT2D eigenvalue weighted by molar-refractivity contribution is -0.142. The second-order valence-electron chi connectivity index (χ2n) is 5.18. The maximum absolute atomic E-state index is 12.4. The molecule has 8 nitrogen and oxygen atoms in total. The number of carboxylic acid groups (broad SMARTS) is 2. The SMILES string of the molecule is CCN(CC)C(=O)c1ccc2oc(SC(CC(=O)O)C(=O)O)nc2c1. The van der Waals surface area contributed by atoms with Gasteiger partial charge in [0.15, 0.2) is 5.58 Å². The Morgan fingerprint density at radius 3 is 2.48 bits per heavy atom. The summed E-state index contributed by atoms with van der Waals surface area (Å²) in [5.74, 6) is -2.60. The van der Waals surface area contributed by atoms with Gasteiger partial charge in [-0.15, -0.1) is 0 Å². The maximum atomic E-state index is 12.4. The van der Waals surface area contributed by atoms with E-state index in [1.165, 1.54) is 0 Å². The number of aromatic nitrogens is 1. The van der Waals surface area contributed by atoms with E-state index in [1.54, 1.807) is 23.1 Å². The molecule has 0 aliphatic carbocycles. The van der Waals surface area contributed by atoms with Crippen molar-refractivity contribution in [2.45, 2.75) is 30.7 Å². The van der Waals surface area contributed by atoms with E-state index in [1.807, 2.05) is 13.8 Å². The summed E-state index contributed by atoms with van der Waals surface area (Å²) in [6, 6.07) is 4.79. The number of oxazole rings is 1. The minimum absolute atomic E-state index is 0.0519. The Morgan fingerprint density at radius 2 is 1.92 bits per heavy atom. The van der Waals surface area contributed by atoms with E-state index in [2.05, 4.69) is 4.98 Å². The number of carbonyl (C=O) groups is 3. The number of hydrogen-bond donors (Lipinski definition) is 2. The minimum Gasteiger partial charge on any atom is -0.481 e. The Bertz CT molecular complexity index is 799. The standard InChI is InChI=1S/C16H18N2O6S/c1-3-18(4-2)14(21)9-5-6-11-10(7-9)17-16(24-11)25-12(15(22)23)8-13(19)20/h5-7,12H,3-4,8H2,1-2H3,(H,19,20)(H,22,23). The van der Waals surface area contributed by atoms with Gasteiger partial charge in [0.25, 0.3) is 11.1 Å². The van der Waals surface area contributed by atoms with Gasteiger partial charge in [-0.2, -0.15) is 0 Å². The molecule has 134 valence electrons. The third-order valence-electron chi connectivity index (χ3n) is 3.54. The monoisotopic (exact) mass is 366 g/mol. The Labute approximate surface area is 147 Å². The molecular weight excluding hydrogens is 348 g/mol. The van der Waals surface area contributed by atoms with Gasteiger partial charge in [0.05, 0.1) is 6.42 Å². The highest BCUT2D eigenvalue weighted by molar-refractivity contribution is 8.00. The van der Waals surface area contributed by atoms with Crippen LogP contribution >= 0.6 is 11.8 Å². The van der Waals surface area contributed by atoms with Crippen molar-refractivity contribution in [1.82, 2.24) is 9.88 Å². The predicted molar refractivity (Wildman–Crippen MR) is 90.8 cm³/mol. The lowest BCUT2D eigenvalue weighted by Crippen LogP contribution is -2.30. The van der Waals surface area contributed by atoms with Gasteiger partial charge in [0.1, 0.15) is 10.8 Å². The molecule has 2 N–H and O–H groups in total. The Balaban J connectivity index is 2.26. The number of nitrogens with zero attached hydrogens (tertiary/aromatic N) is 2. The van der Waals surface area contributed by atoms with E-state index in [-0.39, 0.29) is 11.1 Å². The highest BCUT2D eigenvalue weighted by atomic mass is 32.2. The second-order valence-corrected chi connectivity index (χ2v) is 6.34. The number of hydrogen-bond acceptors (Lipinski definition) is 6. The van der Waals surface area contributed by atoms with Crippen LogP contribution in [0.25, 0.3) is 11.1 Å². The molecule has 0 radical (unpaired) electrons. The third kappa shape index (κ3) is 4.50. The summed E-state index contributed by atoms with van der Waals surface area (Å²) in [7, 11) is 0. The molecule has 25 heavy (non-hydrogen) atoms. The number of amides is 1. The molecule has 0 aliphatic heterocycles. The van der Waals surface area contributed by atoms with Crippen molar-refractivity contribution in [2.24, 2.45) is 0 Å². The smallest absolute Gasteiger partial charge is 0.317 e. The van der Waals surface area contributed by atoms with Crippen LogP contribution < -0.4 is 0 Å². The lowest BCUT2D eigenvalue weighted by Gasteiger charge is -2.18. The zero-order valence-electron chi connectivity index (χ0n) is 13.8. The Kier molecular flexibility index (Phi) is 6.02. The summed E-state index contributed by atoms with van der Waals surface area (Å²) < 4.78 is 5.45. The van der Waals surface area contributed by atoms with Crippen LogP contribution in [0.4, 0.5) is 0 Å². The molecule has 1 aromatic heterocycles. The topological polar surface area (TPSA) is 121 Å². The van der Waals surface area contributed by atoms with Crippen LogP contribution in [0.1, 0.15) is 30.6 Å². The van der Waals surface area contributed by atoms with E-state index in [9.17, 15) is 14.4 Å². The van der Waals surface area contributed by atoms with Gasteiger partial charge >= 0.3 is 11.9 Å². The van der Waals surface area contributed by atoms with Crippen molar-refractivity contribution in [3.05, 3.63) is 23.8 Å². The molecule has 1 aromatic carbocycles. The summed E-state index contributed by atoms with van der Waals surface area (Å²) in [6.07, 6.45) is -0.551. The van der Waals surface area contributed by atoms with Gasteiger partial charge in [0.2, 0.25) is 0 Å². The van der Waals surface area contributed by atoms with Crippen molar-refractivity contribution in [3.63, 3.8) is 0 Å². The van der Waals surface area contributed by atoms with Crippen LogP contribution in [0.3, 0.4) is 0 Å². The number of thioether (sulfide) groups is 1. The van der Waals surface area contributed by atoms with Crippen LogP contribution in [-0.2, 0) is 9.59 Å². The summed E-state index contributed by atoms with van der Waals surface area (Å²) in [4.78, 5) is 40.1. The van der Waals surface area contributed by atoms with Crippen molar-refractivity contribution in [2.75, 3.05) is 13.1 Å². The minimum atomic E-state index is -1.26. The van der Waals surface area contributed by atoms with Gasteiger partial charge in [-0.05, 0) is 32.0 Å². The predicted octanol–water partition coefficient (Wildman–Crippen LogP) is 2.33. The fourth-order valence-corrected chi connectivity index (χ4v) is 3.10. The van der Waals surface area contributed by atoms with Crippen molar-refractivity contribution < 1.29 is 29.0 Å². The molecular formula is C16H18N2O6S. The van der Waals surface area contributed by atoms with Gasteiger partial charge in [-0.1, -0.05) is 11.8 Å². The average Bonchev–Trinajstić information content (AvgIpc) is 2.96. The molecule has 0 fully saturated rings. The molecule has 2 aromatic rings. The third-order valence-corrected chi connectivity index (χ3v) is 4.57. The molecule has 0 spiro atoms. The van der Waals surface area contributed by atoms with E-state index in [4.69, 9.17) is 14.6 Å². The fraction of sp³-hybridized carbons (Fsp3) is 0.375. The highest BCUT2D eigenvalue weighted by Gasteiger charge is 2.25. The average molecular weight is 366 g/mol. The van der Waals surface area contributed by atoms with Gasteiger partial charge < -0.3 is 19.5 Å². The van der Waals surface area contributed by atoms with Crippen LogP contribution in [0.5, 0.6) is 0 Å². The lowest BCUT2D eigenvalue weighted by atomic mass is 10.2. The molecule has 0 aliphatic rings. The molecule has 1 atom stereocenters. The number of aliphatic carboxylic acids is 2. The van der Waals surface area contributed by atoms with Crippen LogP contribution in [0.2, 0.25) is 0 Å². The number of carbonyl (C=O) groups excluding carboxylic acids is 1. The van der Waals surface area contributed by atoms with Gasteiger partial charge in [-0.3, -0.25) is 14.4 Å². The first-order chi connectivity index (χ1) is 11.8. The Morgan fingerprint density at radius 1 is 1.24 bits per heavy atom. The first-order valence-electron chi connectivity index (χ1n) is 7.66. The van der Waals surface area contributed by atoms with Gasteiger partial charge in [0, 0.05) is 18.7 Å². The summed E-state index contributed by atoms with van der Waals surface area (Å²) in [5.41, 5.74) is 1.28. The number of benzene rings is 1. The van der Waals surface area contributed by atoms with Gasteiger partial charge in [-0.25, -0.2) is 4.98 Å². The van der Waals surface area contributed by atoms with Crippen molar-refractivity contribution >= 4 is 40.7 Å². The zero-order chi connectivity index (χ0) is 18.6. The van der Waals surface area contributed by atoms with Crippen LogP contribution in [0, 0.1) is 0 Å². The fourth-order valence-electron chi connectivity index (χ4n) is 2.24. The van der Waals surface area contributed by atoms with Crippen molar-refractivity contribution in [1.29, 1.82) is 0 Å². The zero-order valence-corrected chi connectivity index (χ0v) is 14.6. The molecule has 1 heterocycles. The molecule has 0 bridgehead atoms. The van der Waals surface area contributed by atoms with Crippen LogP contribution in [-0.4, -0.2) is 56.3 Å². The number of fused-ring (bicyclic) bond motifs is 1.